The number of thioether (sulfide) groups is 1. The molecule has 0 radical (unpaired) electrons. The quantitative estimate of drug-likeness (QED) is 0.183. The Kier molecular flexibility index (Phi) is 7.00. The van der Waals surface area contributed by atoms with Crippen LogP contribution < -0.4 is 5.73 Å². The van der Waals surface area contributed by atoms with E-state index in [9.17, 15) is 0 Å². The summed E-state index contributed by atoms with van der Waals surface area (Å²) in [6.45, 7) is 3.96. The van der Waals surface area contributed by atoms with Gasteiger partial charge in [0.15, 0.2) is 0 Å². The second kappa shape index (κ2) is 8.01. The second-order valence-corrected chi connectivity index (χ2v) is 7.23. The zero-order chi connectivity index (χ0) is 15.2. The Balaban J connectivity index is 2.30. The molecule has 0 atom stereocenters. The molecule has 0 bridgehead atoms. The van der Waals surface area contributed by atoms with Crippen molar-refractivity contribution in [2.24, 2.45) is 16.3 Å². The van der Waals surface area contributed by atoms with Crippen molar-refractivity contribution < 1.29 is 5.21 Å². The lowest BCUT2D eigenvalue weighted by Gasteiger charge is -2.22. The number of amidine groups is 1. The van der Waals surface area contributed by atoms with Crippen molar-refractivity contribution in [3.8, 4) is 0 Å². The van der Waals surface area contributed by atoms with E-state index in [4.69, 9.17) is 34.1 Å². The van der Waals surface area contributed by atoms with E-state index in [1.54, 1.807) is 11.8 Å². The highest BCUT2D eigenvalue weighted by molar-refractivity contribution is 7.99. The second-order valence-electron chi connectivity index (χ2n) is 5.25. The van der Waals surface area contributed by atoms with E-state index in [1.807, 2.05) is 32.0 Å². The summed E-state index contributed by atoms with van der Waals surface area (Å²) in [5.74, 6) is 1.29. The molecule has 0 aliphatic rings. The van der Waals surface area contributed by atoms with E-state index >= 15 is 0 Å². The summed E-state index contributed by atoms with van der Waals surface area (Å²) in [4.78, 5) is 1.12. The number of halogens is 2. The Hall–Kier alpha value is -0.580. The molecule has 6 heteroatoms. The maximum absolute atomic E-state index is 8.71. The van der Waals surface area contributed by atoms with Gasteiger partial charge in [0.1, 0.15) is 5.84 Å². The van der Waals surface area contributed by atoms with Crippen LogP contribution in [0.5, 0.6) is 0 Å². The largest absolute Gasteiger partial charge is 0.409 e. The molecule has 20 heavy (non-hydrogen) atoms. The van der Waals surface area contributed by atoms with E-state index in [0.29, 0.717) is 10.0 Å². The predicted molar refractivity (Wildman–Crippen MR) is 88.2 cm³/mol. The van der Waals surface area contributed by atoms with Crippen molar-refractivity contribution in [2.45, 2.75) is 38.0 Å². The number of nitrogens with two attached hydrogens (primary N) is 1. The summed E-state index contributed by atoms with van der Waals surface area (Å²) in [6, 6.07) is 5.67. The number of hydrogen-bond donors (Lipinski definition) is 2. The highest BCUT2D eigenvalue weighted by Crippen LogP contribution is 2.29. The fourth-order valence-corrected chi connectivity index (χ4v) is 3.00. The maximum atomic E-state index is 8.71. The molecule has 0 saturated heterocycles. The topological polar surface area (TPSA) is 58.6 Å². The van der Waals surface area contributed by atoms with Crippen LogP contribution in [-0.2, 0) is 0 Å². The van der Waals surface area contributed by atoms with Gasteiger partial charge in [0.2, 0.25) is 0 Å². The fourth-order valence-electron chi connectivity index (χ4n) is 1.69. The lowest BCUT2D eigenvalue weighted by molar-refractivity contribution is 0.304. The van der Waals surface area contributed by atoms with Crippen molar-refractivity contribution >= 4 is 40.8 Å². The molecule has 0 heterocycles. The van der Waals surface area contributed by atoms with Crippen LogP contribution >= 0.6 is 35.0 Å². The van der Waals surface area contributed by atoms with Crippen LogP contribution in [0.15, 0.2) is 28.3 Å². The number of unbranched alkanes of at least 4 members (excludes halogenated alkanes) is 1. The molecular formula is C14H20Cl2N2OS. The molecule has 0 amide bonds. The van der Waals surface area contributed by atoms with Gasteiger partial charge in [-0.15, -0.1) is 11.8 Å². The van der Waals surface area contributed by atoms with E-state index < -0.39 is 0 Å². The van der Waals surface area contributed by atoms with Crippen LogP contribution in [0.2, 0.25) is 10.0 Å². The van der Waals surface area contributed by atoms with E-state index in [0.717, 1.165) is 29.9 Å². The average molecular weight is 335 g/mol. The first kappa shape index (κ1) is 17.5. The molecule has 112 valence electrons. The van der Waals surface area contributed by atoms with Gasteiger partial charge in [-0.2, -0.15) is 0 Å². The van der Waals surface area contributed by atoms with E-state index in [1.165, 1.54) is 0 Å². The Labute approximate surface area is 134 Å². The van der Waals surface area contributed by atoms with Crippen LogP contribution in [0.1, 0.15) is 33.1 Å². The highest BCUT2D eigenvalue weighted by atomic mass is 35.5. The van der Waals surface area contributed by atoms with E-state index in [2.05, 4.69) is 5.16 Å². The summed E-state index contributed by atoms with van der Waals surface area (Å²) in [6.07, 6.45) is 2.98. The van der Waals surface area contributed by atoms with Crippen molar-refractivity contribution in [3.05, 3.63) is 28.2 Å². The molecule has 1 aromatic carbocycles. The summed E-state index contributed by atoms with van der Waals surface area (Å²) in [7, 11) is 0. The number of benzene rings is 1. The lowest BCUT2D eigenvalue weighted by Crippen LogP contribution is -2.31. The monoisotopic (exact) mass is 334 g/mol. The van der Waals surface area contributed by atoms with Gasteiger partial charge in [0, 0.05) is 10.3 Å². The van der Waals surface area contributed by atoms with Gasteiger partial charge >= 0.3 is 0 Å². The molecule has 0 fully saturated rings. The van der Waals surface area contributed by atoms with Crippen molar-refractivity contribution in [1.82, 2.24) is 0 Å². The minimum atomic E-state index is -0.261. The standard InChI is InChI=1S/C14H20Cl2N2OS/c1-14(2,13(17)18-19)7-3-4-8-20-10-5-6-11(15)12(16)9-10/h5-6,9,19H,3-4,7-8H2,1-2H3,(H2,17,18). The number of nitrogens with zero attached hydrogens (tertiary/aromatic N) is 1. The van der Waals surface area contributed by atoms with Gasteiger partial charge < -0.3 is 10.9 Å². The Morgan fingerprint density at radius 2 is 2.00 bits per heavy atom. The third-order valence-corrected chi connectivity index (χ3v) is 4.98. The van der Waals surface area contributed by atoms with E-state index in [-0.39, 0.29) is 11.3 Å². The van der Waals surface area contributed by atoms with Crippen LogP contribution in [0.4, 0.5) is 0 Å². The molecule has 0 saturated carbocycles. The maximum Gasteiger partial charge on any atom is 0.144 e. The molecule has 1 aromatic rings. The van der Waals surface area contributed by atoms with Gasteiger partial charge in [-0.25, -0.2) is 0 Å². The number of oxime groups is 1. The van der Waals surface area contributed by atoms with Gasteiger partial charge in [-0.3, -0.25) is 0 Å². The summed E-state index contributed by atoms with van der Waals surface area (Å²) < 4.78 is 0. The minimum Gasteiger partial charge on any atom is -0.409 e. The fraction of sp³-hybridized carbons (Fsp3) is 0.500. The summed E-state index contributed by atoms with van der Waals surface area (Å²) >= 11 is 13.6. The zero-order valence-electron chi connectivity index (χ0n) is 11.7. The SMILES string of the molecule is CC(C)(CCCCSc1ccc(Cl)c(Cl)c1)/C(N)=N/O. The molecule has 1 rings (SSSR count). The summed E-state index contributed by atoms with van der Waals surface area (Å²) in [5, 5.41) is 13.0. The molecule has 0 aromatic heterocycles. The molecule has 3 nitrogen and oxygen atoms in total. The Bertz CT molecular complexity index is 478. The van der Waals surface area contributed by atoms with Crippen LogP contribution in [0.25, 0.3) is 0 Å². The third kappa shape index (κ3) is 5.43. The minimum absolute atomic E-state index is 0.261. The first-order valence-corrected chi connectivity index (χ1v) is 8.17. The van der Waals surface area contributed by atoms with Crippen molar-refractivity contribution in [1.29, 1.82) is 0 Å². The summed E-state index contributed by atoms with van der Waals surface area (Å²) in [5.41, 5.74) is 5.39. The van der Waals surface area contributed by atoms with Gasteiger partial charge in [0.05, 0.1) is 10.0 Å². The molecule has 0 aliphatic carbocycles. The lowest BCUT2D eigenvalue weighted by atomic mass is 9.86. The number of rotatable bonds is 7. The first-order valence-electron chi connectivity index (χ1n) is 6.42. The smallest absolute Gasteiger partial charge is 0.144 e. The average Bonchev–Trinajstić information content (AvgIpc) is 2.41. The van der Waals surface area contributed by atoms with Crippen molar-refractivity contribution in [2.75, 3.05) is 5.75 Å². The van der Waals surface area contributed by atoms with Gasteiger partial charge in [0.25, 0.3) is 0 Å². The molecule has 0 aliphatic heterocycles. The molecule has 0 spiro atoms. The predicted octanol–water partition coefficient (Wildman–Crippen LogP) is 5.03. The number of hydrogen-bond acceptors (Lipinski definition) is 3. The van der Waals surface area contributed by atoms with Crippen LogP contribution in [-0.4, -0.2) is 16.8 Å². The third-order valence-electron chi connectivity index (χ3n) is 3.16. The Morgan fingerprint density at radius 3 is 2.60 bits per heavy atom. The van der Waals surface area contributed by atoms with Crippen LogP contribution in [0.3, 0.4) is 0 Å². The first-order chi connectivity index (χ1) is 9.36. The van der Waals surface area contributed by atoms with Crippen LogP contribution in [0, 0.1) is 5.41 Å². The Morgan fingerprint density at radius 1 is 1.30 bits per heavy atom. The molecule has 3 N–H and O–H groups in total. The molecule has 0 unspecified atom stereocenters. The van der Waals surface area contributed by atoms with Crippen molar-refractivity contribution in [3.63, 3.8) is 0 Å². The normalized spacial score (nSPS) is 12.7. The highest BCUT2D eigenvalue weighted by Gasteiger charge is 2.22. The van der Waals surface area contributed by atoms with Gasteiger partial charge in [-0.05, 0) is 36.8 Å². The zero-order valence-corrected chi connectivity index (χ0v) is 14.0. The van der Waals surface area contributed by atoms with Gasteiger partial charge in [-0.1, -0.05) is 48.6 Å². The molecular weight excluding hydrogens is 315 g/mol.